The first-order valence-electron chi connectivity index (χ1n) is 13.9. The van der Waals surface area contributed by atoms with Crippen molar-refractivity contribution in [2.75, 3.05) is 20.8 Å². The molecule has 0 saturated heterocycles. The van der Waals surface area contributed by atoms with Gasteiger partial charge in [0.25, 0.3) is 5.91 Å². The van der Waals surface area contributed by atoms with Crippen LogP contribution >= 0.6 is 0 Å². The third-order valence-electron chi connectivity index (χ3n) is 7.06. The zero-order valence-electron chi connectivity index (χ0n) is 23.1. The smallest absolute Gasteiger partial charge is 0.251 e. The molecule has 0 aliphatic carbocycles. The lowest BCUT2D eigenvalue weighted by molar-refractivity contribution is 0.0953. The second kappa shape index (κ2) is 14.8. The number of ether oxygens (including phenoxy) is 2. The second-order valence-electron chi connectivity index (χ2n) is 9.87. The second-order valence-corrected chi connectivity index (χ2v) is 9.87. The third-order valence-corrected chi connectivity index (χ3v) is 7.06. The lowest BCUT2D eigenvalue weighted by Crippen LogP contribution is -2.24. The Hall–Kier alpha value is -4.05. The van der Waals surface area contributed by atoms with Crippen LogP contribution < -0.4 is 14.8 Å². The van der Waals surface area contributed by atoms with Crippen LogP contribution in [0.1, 0.15) is 54.4 Å². The summed E-state index contributed by atoms with van der Waals surface area (Å²) in [6.45, 7) is 0.688. The molecule has 4 rings (SSSR count). The molecule has 4 aromatic rings. The molecule has 4 heteroatoms. The van der Waals surface area contributed by atoms with Crippen molar-refractivity contribution in [3.05, 3.63) is 108 Å². The fourth-order valence-corrected chi connectivity index (χ4v) is 4.77. The quantitative estimate of drug-likeness (QED) is 0.170. The lowest BCUT2D eigenvalue weighted by Gasteiger charge is -2.12. The van der Waals surface area contributed by atoms with Gasteiger partial charge in [0, 0.05) is 12.1 Å². The van der Waals surface area contributed by atoms with Gasteiger partial charge in [0.2, 0.25) is 0 Å². The van der Waals surface area contributed by atoms with Crippen LogP contribution in [0.2, 0.25) is 0 Å². The van der Waals surface area contributed by atoms with E-state index in [-0.39, 0.29) is 5.91 Å². The maximum Gasteiger partial charge on any atom is 0.251 e. The molecule has 0 heterocycles. The minimum atomic E-state index is -0.0389. The maximum absolute atomic E-state index is 13.2. The Bertz CT molecular complexity index is 1230. The highest BCUT2D eigenvalue weighted by atomic mass is 16.5. The number of methoxy groups -OCH3 is 2. The molecule has 0 radical (unpaired) electrons. The summed E-state index contributed by atoms with van der Waals surface area (Å²) in [6, 6.07) is 32.6. The Labute approximate surface area is 233 Å². The van der Waals surface area contributed by atoms with E-state index in [2.05, 4.69) is 41.7 Å². The van der Waals surface area contributed by atoms with Gasteiger partial charge in [-0.15, -0.1) is 0 Å². The van der Waals surface area contributed by atoms with Crippen molar-refractivity contribution < 1.29 is 14.3 Å². The number of hydrogen-bond acceptors (Lipinski definition) is 3. The van der Waals surface area contributed by atoms with Crippen LogP contribution in [0.15, 0.2) is 97.1 Å². The van der Waals surface area contributed by atoms with Crippen molar-refractivity contribution in [1.82, 2.24) is 5.32 Å². The summed E-state index contributed by atoms with van der Waals surface area (Å²) in [6.07, 6.45) is 8.23. The minimum absolute atomic E-state index is 0.0389. The van der Waals surface area contributed by atoms with Crippen molar-refractivity contribution in [2.45, 2.75) is 44.9 Å². The number of hydrogen-bond donors (Lipinski definition) is 1. The molecule has 0 aliphatic heterocycles. The highest BCUT2D eigenvalue weighted by Gasteiger charge is 2.12. The standard InChI is InChI=1S/C35H39NO3/c1-38-33-19-15-28(16-20-33)30-24-31(29-17-21-34(39-2)22-18-29)26-32(25-30)35(37)36-23-11-6-4-3-5-8-12-27-13-9-7-10-14-27/h7,9-10,13-22,24-26H,3-6,8,11-12,23H2,1-2H3,(H,36,37). The van der Waals surface area contributed by atoms with E-state index in [1.54, 1.807) is 14.2 Å². The van der Waals surface area contributed by atoms with Crippen molar-refractivity contribution in [1.29, 1.82) is 0 Å². The monoisotopic (exact) mass is 521 g/mol. The topological polar surface area (TPSA) is 47.6 Å². The molecule has 4 aromatic carbocycles. The highest BCUT2D eigenvalue weighted by molar-refractivity contribution is 5.97. The van der Waals surface area contributed by atoms with Gasteiger partial charge < -0.3 is 14.8 Å². The molecule has 1 N–H and O–H groups in total. The summed E-state index contributed by atoms with van der Waals surface area (Å²) in [4.78, 5) is 13.2. The number of rotatable bonds is 14. The molecule has 39 heavy (non-hydrogen) atoms. The van der Waals surface area contributed by atoms with E-state index in [4.69, 9.17) is 9.47 Å². The molecular weight excluding hydrogens is 482 g/mol. The SMILES string of the molecule is COc1ccc(-c2cc(C(=O)NCCCCCCCCc3ccccc3)cc(-c3ccc(OC)cc3)c2)cc1. The van der Waals surface area contributed by atoms with E-state index >= 15 is 0 Å². The molecule has 0 bridgehead atoms. The molecule has 0 spiro atoms. The molecule has 202 valence electrons. The van der Waals surface area contributed by atoms with Crippen LogP contribution in [-0.2, 0) is 6.42 Å². The summed E-state index contributed by atoms with van der Waals surface area (Å²) in [5.74, 6) is 1.57. The van der Waals surface area contributed by atoms with Gasteiger partial charge >= 0.3 is 0 Å². The highest BCUT2D eigenvalue weighted by Crippen LogP contribution is 2.30. The number of carbonyl (C=O) groups is 1. The molecule has 0 unspecified atom stereocenters. The van der Waals surface area contributed by atoms with Gasteiger partial charge in [-0.05, 0) is 89.5 Å². The Morgan fingerprint density at radius 1 is 0.590 bits per heavy atom. The number of nitrogens with one attached hydrogen (secondary N) is 1. The fraction of sp³-hybridized carbons (Fsp3) is 0.286. The first-order valence-corrected chi connectivity index (χ1v) is 13.9. The van der Waals surface area contributed by atoms with Crippen LogP contribution in [0.5, 0.6) is 11.5 Å². The molecule has 0 aliphatic rings. The lowest BCUT2D eigenvalue weighted by atomic mass is 9.95. The summed E-state index contributed by atoms with van der Waals surface area (Å²) >= 11 is 0. The molecule has 0 saturated carbocycles. The molecule has 0 fully saturated rings. The number of amides is 1. The molecule has 1 amide bonds. The molecule has 0 atom stereocenters. The van der Waals surface area contributed by atoms with Crippen molar-refractivity contribution >= 4 is 5.91 Å². The minimum Gasteiger partial charge on any atom is -0.497 e. The molecular formula is C35H39NO3. The Balaban J connectivity index is 1.32. The van der Waals surface area contributed by atoms with Gasteiger partial charge in [0.1, 0.15) is 11.5 Å². The zero-order valence-corrected chi connectivity index (χ0v) is 23.1. The van der Waals surface area contributed by atoms with Gasteiger partial charge in [-0.1, -0.05) is 80.3 Å². The third kappa shape index (κ3) is 8.47. The summed E-state index contributed by atoms with van der Waals surface area (Å²) in [5, 5.41) is 3.14. The van der Waals surface area contributed by atoms with E-state index < -0.39 is 0 Å². The predicted octanol–water partition coefficient (Wildman–Crippen LogP) is 8.35. The Kier molecular flexibility index (Phi) is 10.6. The van der Waals surface area contributed by atoms with Crippen molar-refractivity contribution in [2.24, 2.45) is 0 Å². The van der Waals surface area contributed by atoms with Gasteiger partial charge in [0.15, 0.2) is 0 Å². The van der Waals surface area contributed by atoms with Crippen molar-refractivity contribution in [3.8, 4) is 33.8 Å². The van der Waals surface area contributed by atoms with Gasteiger partial charge in [0.05, 0.1) is 14.2 Å². The predicted molar refractivity (Wildman–Crippen MR) is 161 cm³/mol. The summed E-state index contributed by atoms with van der Waals surface area (Å²) in [7, 11) is 3.32. The number of carbonyl (C=O) groups excluding carboxylic acids is 1. The van der Waals surface area contributed by atoms with Crippen LogP contribution in [0.3, 0.4) is 0 Å². The Morgan fingerprint density at radius 3 is 1.64 bits per heavy atom. The van der Waals surface area contributed by atoms with Crippen molar-refractivity contribution in [3.63, 3.8) is 0 Å². The van der Waals surface area contributed by atoms with E-state index in [9.17, 15) is 4.79 Å². The molecule has 0 aromatic heterocycles. The zero-order chi connectivity index (χ0) is 27.3. The van der Waals surface area contributed by atoms with Crippen LogP contribution in [0, 0.1) is 0 Å². The number of benzene rings is 4. The van der Waals surface area contributed by atoms with E-state index in [0.29, 0.717) is 12.1 Å². The largest absolute Gasteiger partial charge is 0.497 e. The summed E-state index contributed by atoms with van der Waals surface area (Å²) < 4.78 is 10.6. The van der Waals surface area contributed by atoms with Crippen LogP contribution in [0.25, 0.3) is 22.3 Å². The van der Waals surface area contributed by atoms with E-state index in [0.717, 1.165) is 53.0 Å². The van der Waals surface area contributed by atoms with Gasteiger partial charge in [-0.2, -0.15) is 0 Å². The normalized spacial score (nSPS) is 10.7. The number of aryl methyl sites for hydroxylation is 1. The van der Waals surface area contributed by atoms with Crippen LogP contribution in [-0.4, -0.2) is 26.7 Å². The first-order chi connectivity index (χ1) is 19.2. The fourth-order valence-electron chi connectivity index (χ4n) is 4.77. The summed E-state index contributed by atoms with van der Waals surface area (Å²) in [5.41, 5.74) is 6.14. The van der Waals surface area contributed by atoms with E-state index in [1.165, 1.54) is 31.2 Å². The first kappa shape index (κ1) is 28.0. The maximum atomic E-state index is 13.2. The van der Waals surface area contributed by atoms with Crippen LogP contribution in [0.4, 0.5) is 0 Å². The van der Waals surface area contributed by atoms with Gasteiger partial charge in [-0.3, -0.25) is 4.79 Å². The van der Waals surface area contributed by atoms with E-state index in [1.807, 2.05) is 60.7 Å². The average molecular weight is 522 g/mol. The number of unbranched alkanes of at least 4 members (excludes halogenated alkanes) is 5. The molecule has 4 nitrogen and oxygen atoms in total. The Morgan fingerprint density at radius 2 is 1.10 bits per heavy atom. The average Bonchev–Trinajstić information content (AvgIpc) is 3.00. The van der Waals surface area contributed by atoms with Gasteiger partial charge in [-0.25, -0.2) is 0 Å².